The lowest BCUT2D eigenvalue weighted by molar-refractivity contribution is -0.109. The molecule has 1 fully saturated rings. The van der Waals surface area contributed by atoms with E-state index in [-0.39, 0.29) is 22.2 Å². The number of carbonyl (C=O) groups excluding carboxylic acids is 1. The molecule has 0 aromatic heterocycles. The number of hydrogen-bond donors (Lipinski definition) is 0. The van der Waals surface area contributed by atoms with Gasteiger partial charge in [0.2, 0.25) is 0 Å². The molecule has 3 rings (SSSR count). The average Bonchev–Trinajstić information content (AvgIpc) is 3.08. The van der Waals surface area contributed by atoms with Gasteiger partial charge < -0.3 is 4.79 Å². The Kier molecular flexibility index (Phi) is 2.74. The van der Waals surface area contributed by atoms with Crippen molar-refractivity contribution in [3.05, 3.63) is 34.9 Å². The van der Waals surface area contributed by atoms with Gasteiger partial charge >= 0.3 is 0 Å². The first-order chi connectivity index (χ1) is 9.21. The van der Waals surface area contributed by atoms with E-state index in [0.29, 0.717) is 0 Å². The first kappa shape index (κ1) is 13.9. The van der Waals surface area contributed by atoms with Crippen LogP contribution in [0.3, 0.4) is 0 Å². The Morgan fingerprint density at radius 1 is 1.00 bits per heavy atom. The minimum absolute atomic E-state index is 0.0917. The van der Waals surface area contributed by atoms with E-state index in [9.17, 15) is 4.79 Å². The van der Waals surface area contributed by atoms with Crippen LogP contribution in [0.4, 0.5) is 0 Å². The summed E-state index contributed by atoms with van der Waals surface area (Å²) < 4.78 is 0. The lowest BCUT2D eigenvalue weighted by Gasteiger charge is -2.42. The summed E-state index contributed by atoms with van der Waals surface area (Å²) in [6, 6.07) is 7.00. The van der Waals surface area contributed by atoms with Crippen molar-refractivity contribution >= 4 is 6.29 Å². The fourth-order valence-corrected chi connectivity index (χ4v) is 3.87. The van der Waals surface area contributed by atoms with Crippen LogP contribution in [-0.2, 0) is 21.0 Å². The fourth-order valence-electron chi connectivity index (χ4n) is 3.87. The number of carbonyl (C=O) groups is 1. The number of rotatable bonds is 2. The zero-order valence-corrected chi connectivity index (χ0v) is 13.4. The van der Waals surface area contributed by atoms with E-state index >= 15 is 0 Å². The molecule has 0 aliphatic heterocycles. The summed E-state index contributed by atoms with van der Waals surface area (Å²) in [6.45, 7) is 11.7. The second-order valence-corrected chi connectivity index (χ2v) is 8.39. The fraction of sp³-hybridized carbons (Fsp3) is 0.632. The van der Waals surface area contributed by atoms with Gasteiger partial charge in [0, 0.05) is 11.3 Å². The van der Waals surface area contributed by atoms with Crippen molar-refractivity contribution in [2.24, 2.45) is 5.92 Å². The maximum absolute atomic E-state index is 11.1. The third kappa shape index (κ3) is 1.86. The van der Waals surface area contributed by atoms with Crippen LogP contribution in [0.15, 0.2) is 18.2 Å². The van der Waals surface area contributed by atoms with E-state index in [1.807, 2.05) is 0 Å². The monoisotopic (exact) mass is 270 g/mol. The molecule has 1 aromatic carbocycles. The number of hydrogen-bond acceptors (Lipinski definition) is 1. The predicted octanol–water partition coefficient (Wildman–Crippen LogP) is 4.51. The van der Waals surface area contributed by atoms with E-state index < -0.39 is 0 Å². The second-order valence-electron chi connectivity index (χ2n) is 8.39. The summed E-state index contributed by atoms with van der Waals surface area (Å²) in [7, 11) is 0. The molecule has 2 aliphatic carbocycles. The van der Waals surface area contributed by atoms with Crippen molar-refractivity contribution in [1.82, 2.24) is 0 Å². The Morgan fingerprint density at radius 3 is 2.15 bits per heavy atom. The minimum Gasteiger partial charge on any atom is -0.303 e. The Hall–Kier alpha value is -1.11. The normalized spacial score (nSPS) is 33.4. The number of benzene rings is 1. The highest BCUT2D eigenvalue weighted by atomic mass is 16.1. The van der Waals surface area contributed by atoms with E-state index in [1.165, 1.54) is 29.5 Å². The molecule has 0 spiro atoms. The molecule has 1 saturated carbocycles. The number of aldehydes is 1. The number of fused-ring (bicyclic) bond motifs is 1. The Bertz CT molecular complexity index is 567. The zero-order chi connectivity index (χ0) is 14.8. The molecule has 2 atom stereocenters. The maximum atomic E-state index is 11.1. The first-order valence-corrected chi connectivity index (χ1v) is 7.81. The summed E-state index contributed by atoms with van der Waals surface area (Å²) in [6.07, 6.45) is 4.64. The molecule has 0 radical (unpaired) electrons. The van der Waals surface area contributed by atoms with Crippen molar-refractivity contribution < 1.29 is 4.79 Å². The summed E-state index contributed by atoms with van der Waals surface area (Å²) in [5.74, 6) is 0.222. The van der Waals surface area contributed by atoms with Crippen molar-refractivity contribution in [2.45, 2.75) is 70.1 Å². The van der Waals surface area contributed by atoms with Gasteiger partial charge in [0.05, 0.1) is 0 Å². The summed E-state index contributed by atoms with van der Waals surface area (Å²) >= 11 is 0. The highest BCUT2D eigenvalue weighted by Crippen LogP contribution is 2.54. The van der Waals surface area contributed by atoms with Crippen molar-refractivity contribution in [3.8, 4) is 0 Å². The van der Waals surface area contributed by atoms with Gasteiger partial charge in [-0.25, -0.2) is 0 Å². The van der Waals surface area contributed by atoms with Gasteiger partial charge in [-0.15, -0.1) is 0 Å². The molecule has 0 saturated heterocycles. The quantitative estimate of drug-likeness (QED) is 0.722. The Morgan fingerprint density at radius 2 is 1.60 bits per heavy atom. The lowest BCUT2D eigenvalue weighted by atomic mass is 9.62. The molecule has 0 bridgehead atoms. The average molecular weight is 270 g/mol. The molecule has 1 nitrogen and oxygen atoms in total. The molecule has 0 N–H and O–H groups in total. The largest absolute Gasteiger partial charge is 0.303 e. The van der Waals surface area contributed by atoms with Crippen LogP contribution in [0.25, 0.3) is 0 Å². The maximum Gasteiger partial charge on any atom is 0.123 e. The lowest BCUT2D eigenvalue weighted by Crippen LogP contribution is -2.34. The molecule has 1 unspecified atom stereocenters. The molecule has 2 aliphatic rings. The molecular formula is C19H26O. The third-order valence-electron chi connectivity index (χ3n) is 5.98. The third-order valence-corrected chi connectivity index (χ3v) is 5.98. The Labute approximate surface area is 122 Å². The van der Waals surface area contributed by atoms with Gasteiger partial charge in [0.25, 0.3) is 0 Å². The van der Waals surface area contributed by atoms with Gasteiger partial charge in [-0.3, -0.25) is 0 Å². The standard InChI is InChI=1S/C19H26O/c1-17(2)8-9-18(3,4)16-10-13(6-7-15(16)17)19(5)11-14(19)12-20/h6-7,10,12,14H,8-9,11H2,1-5H3/t14?,19-/m1/s1. The van der Waals surface area contributed by atoms with E-state index in [4.69, 9.17) is 0 Å². The van der Waals surface area contributed by atoms with E-state index in [0.717, 1.165) is 12.7 Å². The predicted molar refractivity (Wildman–Crippen MR) is 83.3 cm³/mol. The Balaban J connectivity index is 2.10. The first-order valence-electron chi connectivity index (χ1n) is 7.81. The van der Waals surface area contributed by atoms with Crippen molar-refractivity contribution in [1.29, 1.82) is 0 Å². The van der Waals surface area contributed by atoms with Crippen molar-refractivity contribution in [3.63, 3.8) is 0 Å². The van der Waals surface area contributed by atoms with E-state index in [2.05, 4.69) is 52.8 Å². The van der Waals surface area contributed by atoms with Gasteiger partial charge in [-0.2, -0.15) is 0 Å². The summed E-state index contributed by atoms with van der Waals surface area (Å²) in [4.78, 5) is 11.1. The van der Waals surface area contributed by atoms with Gasteiger partial charge in [-0.1, -0.05) is 52.8 Å². The molecule has 1 aromatic rings. The molecule has 20 heavy (non-hydrogen) atoms. The minimum atomic E-state index is 0.0917. The molecule has 0 amide bonds. The summed E-state index contributed by atoms with van der Waals surface area (Å²) in [5, 5.41) is 0. The van der Waals surface area contributed by atoms with Crippen LogP contribution >= 0.6 is 0 Å². The van der Waals surface area contributed by atoms with E-state index in [1.54, 1.807) is 0 Å². The van der Waals surface area contributed by atoms with Crippen LogP contribution in [0, 0.1) is 5.92 Å². The highest BCUT2D eigenvalue weighted by molar-refractivity contribution is 5.64. The highest BCUT2D eigenvalue weighted by Gasteiger charge is 2.51. The van der Waals surface area contributed by atoms with Crippen LogP contribution in [-0.4, -0.2) is 6.29 Å². The SMILES string of the molecule is CC1(C)CCC(C)(C)c2cc([C@@]3(C)CC3C=O)ccc21. The summed E-state index contributed by atoms with van der Waals surface area (Å²) in [5.41, 5.74) is 4.99. The zero-order valence-electron chi connectivity index (χ0n) is 13.4. The van der Waals surface area contributed by atoms with Gasteiger partial charge in [0.15, 0.2) is 0 Å². The van der Waals surface area contributed by atoms with Gasteiger partial charge in [-0.05, 0) is 46.8 Å². The molecule has 0 heterocycles. The van der Waals surface area contributed by atoms with Crippen LogP contribution < -0.4 is 0 Å². The van der Waals surface area contributed by atoms with Crippen LogP contribution in [0.5, 0.6) is 0 Å². The van der Waals surface area contributed by atoms with Crippen molar-refractivity contribution in [2.75, 3.05) is 0 Å². The van der Waals surface area contributed by atoms with Crippen LogP contribution in [0.1, 0.15) is 70.6 Å². The molecular weight excluding hydrogens is 244 g/mol. The molecule has 108 valence electrons. The second kappa shape index (κ2) is 3.96. The smallest absolute Gasteiger partial charge is 0.123 e. The van der Waals surface area contributed by atoms with Gasteiger partial charge in [0.1, 0.15) is 6.29 Å². The van der Waals surface area contributed by atoms with Crippen LogP contribution in [0.2, 0.25) is 0 Å². The molecule has 1 heteroatoms. The topological polar surface area (TPSA) is 17.1 Å².